The first-order chi connectivity index (χ1) is 16.1. The third kappa shape index (κ3) is 7.69. The summed E-state index contributed by atoms with van der Waals surface area (Å²) in [6.07, 6.45) is 3.83. The van der Waals surface area contributed by atoms with Crippen LogP contribution >= 0.6 is 0 Å². The summed E-state index contributed by atoms with van der Waals surface area (Å²) in [5.41, 5.74) is 11.7. The van der Waals surface area contributed by atoms with Gasteiger partial charge < -0.3 is 20.9 Å². The number of allylic oxidation sites excluding steroid dienone is 1. The van der Waals surface area contributed by atoms with Crippen molar-refractivity contribution in [2.45, 2.75) is 53.2 Å². The topological polar surface area (TPSA) is 87.8 Å². The first-order valence-electron chi connectivity index (χ1n) is 12.1. The van der Waals surface area contributed by atoms with Crippen molar-refractivity contribution >= 4 is 17.3 Å². The molecule has 1 atom stereocenters. The molecule has 0 saturated carbocycles. The van der Waals surface area contributed by atoms with Gasteiger partial charge in [-0.15, -0.1) is 0 Å². The Bertz CT molecular complexity index is 987. The van der Waals surface area contributed by atoms with Gasteiger partial charge in [-0.1, -0.05) is 50.6 Å². The van der Waals surface area contributed by atoms with Crippen LogP contribution in [0.25, 0.3) is 0 Å². The van der Waals surface area contributed by atoms with Gasteiger partial charge in [0.15, 0.2) is 0 Å². The SMILES string of the molecule is CC(C)(C)C1=CC(O)CC1.Cc1ccc(N)c(NC(=O)c2ccc(CN3CCOCC3)cc2)c1. The average Bonchev–Trinajstić information content (AvgIpc) is 3.25. The number of hydrogen-bond donors (Lipinski definition) is 3. The summed E-state index contributed by atoms with van der Waals surface area (Å²) in [4.78, 5) is 14.7. The van der Waals surface area contributed by atoms with Crippen molar-refractivity contribution in [2.24, 2.45) is 5.41 Å². The van der Waals surface area contributed by atoms with Crippen LogP contribution in [0.2, 0.25) is 0 Å². The molecule has 0 aromatic heterocycles. The number of carbonyl (C=O) groups is 1. The van der Waals surface area contributed by atoms with Crippen molar-refractivity contribution in [1.29, 1.82) is 0 Å². The summed E-state index contributed by atoms with van der Waals surface area (Å²) in [6.45, 7) is 12.9. The van der Waals surface area contributed by atoms with Crippen molar-refractivity contribution in [3.63, 3.8) is 0 Å². The third-order valence-electron chi connectivity index (χ3n) is 6.25. The predicted octanol–water partition coefficient (Wildman–Crippen LogP) is 4.78. The van der Waals surface area contributed by atoms with Gasteiger partial charge in [0.2, 0.25) is 0 Å². The lowest BCUT2D eigenvalue weighted by Crippen LogP contribution is -2.35. The molecule has 0 spiro atoms. The van der Waals surface area contributed by atoms with E-state index in [0.717, 1.165) is 51.3 Å². The molecule has 6 nitrogen and oxygen atoms in total. The maximum atomic E-state index is 12.4. The molecule has 4 N–H and O–H groups in total. The van der Waals surface area contributed by atoms with E-state index in [1.165, 1.54) is 11.1 Å². The van der Waals surface area contributed by atoms with Crippen LogP contribution in [0.15, 0.2) is 54.1 Å². The fourth-order valence-electron chi connectivity index (χ4n) is 4.08. The number of nitrogens with one attached hydrogen (secondary N) is 1. The molecular formula is C28H39N3O3. The number of anilines is 2. The number of rotatable bonds is 4. The van der Waals surface area contributed by atoms with Gasteiger partial charge in [-0.3, -0.25) is 9.69 Å². The van der Waals surface area contributed by atoms with Gasteiger partial charge in [-0.05, 0) is 60.6 Å². The lowest BCUT2D eigenvalue weighted by atomic mass is 9.86. The molecule has 34 heavy (non-hydrogen) atoms. The lowest BCUT2D eigenvalue weighted by molar-refractivity contribution is 0.0342. The lowest BCUT2D eigenvalue weighted by Gasteiger charge is -2.26. The molecule has 4 rings (SSSR count). The van der Waals surface area contributed by atoms with Gasteiger partial charge in [-0.2, -0.15) is 0 Å². The van der Waals surface area contributed by atoms with Crippen LogP contribution in [0, 0.1) is 12.3 Å². The van der Waals surface area contributed by atoms with E-state index < -0.39 is 0 Å². The van der Waals surface area contributed by atoms with Crippen LogP contribution in [0.3, 0.4) is 0 Å². The Morgan fingerprint density at radius 3 is 2.38 bits per heavy atom. The van der Waals surface area contributed by atoms with E-state index in [9.17, 15) is 9.90 Å². The minimum atomic E-state index is -0.172. The Hall–Kier alpha value is -2.67. The predicted molar refractivity (Wildman–Crippen MR) is 139 cm³/mol. The number of aliphatic hydroxyl groups is 1. The maximum absolute atomic E-state index is 12.4. The monoisotopic (exact) mass is 465 g/mol. The summed E-state index contributed by atoms with van der Waals surface area (Å²) < 4.78 is 5.36. The number of morpholine rings is 1. The zero-order valence-corrected chi connectivity index (χ0v) is 20.9. The normalized spacial score (nSPS) is 18.6. The number of aryl methyl sites for hydroxylation is 1. The summed E-state index contributed by atoms with van der Waals surface area (Å²) in [5, 5.41) is 12.1. The van der Waals surface area contributed by atoms with Crippen molar-refractivity contribution in [1.82, 2.24) is 4.90 Å². The van der Waals surface area contributed by atoms with Crippen molar-refractivity contribution in [3.05, 3.63) is 70.8 Å². The van der Waals surface area contributed by atoms with Crippen molar-refractivity contribution < 1.29 is 14.6 Å². The second kappa shape index (κ2) is 11.6. The van der Waals surface area contributed by atoms with Crippen LogP contribution in [0.4, 0.5) is 11.4 Å². The molecular weight excluding hydrogens is 426 g/mol. The highest BCUT2D eigenvalue weighted by atomic mass is 16.5. The number of benzene rings is 2. The first-order valence-corrected chi connectivity index (χ1v) is 12.1. The summed E-state index contributed by atoms with van der Waals surface area (Å²) in [6, 6.07) is 13.3. The molecule has 1 amide bonds. The van der Waals surface area contributed by atoms with Crippen molar-refractivity contribution in [3.8, 4) is 0 Å². The summed E-state index contributed by atoms with van der Waals surface area (Å²) in [7, 11) is 0. The average molecular weight is 466 g/mol. The molecule has 2 aliphatic rings. The number of nitrogens with two attached hydrogens (primary N) is 1. The fraction of sp³-hybridized carbons (Fsp3) is 0.464. The maximum Gasteiger partial charge on any atom is 0.255 e. The van der Waals surface area contributed by atoms with E-state index in [2.05, 4.69) is 31.0 Å². The molecule has 184 valence electrons. The molecule has 1 fully saturated rings. The highest BCUT2D eigenvalue weighted by molar-refractivity contribution is 6.05. The molecule has 1 unspecified atom stereocenters. The van der Waals surface area contributed by atoms with E-state index >= 15 is 0 Å². The van der Waals surface area contributed by atoms with Crippen LogP contribution < -0.4 is 11.1 Å². The van der Waals surface area contributed by atoms with Gasteiger partial charge in [-0.25, -0.2) is 0 Å². The number of aliphatic hydroxyl groups excluding tert-OH is 1. The number of hydrogen-bond acceptors (Lipinski definition) is 5. The number of carbonyl (C=O) groups excluding carboxylic acids is 1. The molecule has 1 aliphatic heterocycles. The smallest absolute Gasteiger partial charge is 0.255 e. The fourth-order valence-corrected chi connectivity index (χ4v) is 4.08. The minimum absolute atomic E-state index is 0.148. The molecule has 6 heteroatoms. The van der Waals surface area contributed by atoms with Crippen molar-refractivity contribution in [2.75, 3.05) is 37.4 Å². The van der Waals surface area contributed by atoms with E-state index in [4.69, 9.17) is 10.5 Å². The summed E-state index contributed by atoms with van der Waals surface area (Å²) in [5.74, 6) is -0.148. The standard InChI is InChI=1S/C19H23N3O2.C9H16O/c1-14-2-7-17(20)18(12-14)21-19(23)16-5-3-15(4-6-16)13-22-8-10-24-11-9-22;1-9(2,3)7-4-5-8(10)6-7/h2-7,12H,8-11,13,20H2,1H3,(H,21,23);6,8,10H,4-5H2,1-3H3. The van der Waals surface area contributed by atoms with Gasteiger partial charge >= 0.3 is 0 Å². The Kier molecular flexibility index (Phi) is 8.89. The van der Waals surface area contributed by atoms with Crippen LogP contribution in [0.1, 0.15) is 55.1 Å². The second-order valence-electron chi connectivity index (χ2n) is 10.2. The third-order valence-corrected chi connectivity index (χ3v) is 6.25. The van der Waals surface area contributed by atoms with Gasteiger partial charge in [0.25, 0.3) is 5.91 Å². The van der Waals surface area contributed by atoms with Gasteiger partial charge in [0.1, 0.15) is 0 Å². The highest BCUT2D eigenvalue weighted by Gasteiger charge is 2.22. The van der Waals surface area contributed by atoms with Crippen LogP contribution in [0.5, 0.6) is 0 Å². The van der Waals surface area contributed by atoms with E-state index in [1.54, 1.807) is 6.07 Å². The molecule has 1 aliphatic carbocycles. The van der Waals surface area contributed by atoms with E-state index in [-0.39, 0.29) is 17.4 Å². The van der Waals surface area contributed by atoms with Gasteiger partial charge in [0.05, 0.1) is 30.7 Å². The molecule has 0 radical (unpaired) electrons. The first kappa shape index (κ1) is 25.9. The molecule has 1 heterocycles. The molecule has 2 aromatic rings. The highest BCUT2D eigenvalue weighted by Crippen LogP contribution is 2.33. The van der Waals surface area contributed by atoms with E-state index in [1.807, 2.05) is 49.4 Å². The number of ether oxygens (including phenoxy) is 1. The quantitative estimate of drug-likeness (QED) is 0.447. The van der Waals surface area contributed by atoms with Crippen LogP contribution in [-0.2, 0) is 11.3 Å². The number of nitrogen functional groups attached to an aromatic ring is 1. The largest absolute Gasteiger partial charge is 0.397 e. The van der Waals surface area contributed by atoms with E-state index in [0.29, 0.717) is 16.9 Å². The second-order valence-corrected chi connectivity index (χ2v) is 10.2. The Morgan fingerprint density at radius 1 is 1.15 bits per heavy atom. The Labute approximate surface area is 203 Å². The molecule has 1 saturated heterocycles. The Balaban J connectivity index is 0.000000271. The Morgan fingerprint density at radius 2 is 1.82 bits per heavy atom. The van der Waals surface area contributed by atoms with Gasteiger partial charge in [0, 0.05) is 25.2 Å². The number of amides is 1. The zero-order valence-electron chi connectivity index (χ0n) is 20.9. The summed E-state index contributed by atoms with van der Waals surface area (Å²) >= 11 is 0. The van der Waals surface area contributed by atoms with Crippen LogP contribution in [-0.4, -0.2) is 48.3 Å². The molecule has 2 aromatic carbocycles. The molecule has 0 bridgehead atoms. The number of nitrogens with zero attached hydrogens (tertiary/aromatic N) is 1. The minimum Gasteiger partial charge on any atom is -0.397 e. The zero-order chi connectivity index (χ0) is 24.7.